The lowest BCUT2D eigenvalue weighted by molar-refractivity contribution is -0.384. The standard InChI is InChI=1S/C24H18N4O5S/c1-2-33-24(30)15-7-9-16(10-8-15)27-22(14-5-11-17(12-6-14)28(31)32)19-20(18-4-3-13-34-18)25-26-21(19)23(27)29/h3-13,22H,2H2,1H3,(H,25,26). The average Bonchev–Trinajstić information content (AvgIpc) is 3.57. The second-order valence-corrected chi connectivity index (χ2v) is 8.48. The summed E-state index contributed by atoms with van der Waals surface area (Å²) in [5.41, 5.74) is 3.33. The number of nitrogens with zero attached hydrogens (tertiary/aromatic N) is 3. The van der Waals surface area contributed by atoms with Crippen molar-refractivity contribution in [3.8, 4) is 10.6 Å². The Morgan fingerprint density at radius 2 is 1.91 bits per heavy atom. The lowest BCUT2D eigenvalue weighted by Crippen LogP contribution is -2.29. The third kappa shape index (κ3) is 3.54. The van der Waals surface area contributed by atoms with E-state index in [9.17, 15) is 19.7 Å². The van der Waals surface area contributed by atoms with Crippen LogP contribution in [0.1, 0.15) is 44.9 Å². The van der Waals surface area contributed by atoms with Crippen molar-refractivity contribution in [2.75, 3.05) is 11.5 Å². The van der Waals surface area contributed by atoms with E-state index in [1.54, 1.807) is 48.2 Å². The third-order valence-electron chi connectivity index (χ3n) is 5.60. The summed E-state index contributed by atoms with van der Waals surface area (Å²) in [6, 6.07) is 16.0. The summed E-state index contributed by atoms with van der Waals surface area (Å²) in [5, 5.41) is 20.4. The largest absolute Gasteiger partial charge is 0.462 e. The van der Waals surface area contributed by atoms with E-state index in [-0.39, 0.29) is 18.2 Å². The van der Waals surface area contributed by atoms with Crippen LogP contribution in [0.2, 0.25) is 0 Å². The maximum absolute atomic E-state index is 13.5. The lowest BCUT2D eigenvalue weighted by Gasteiger charge is -2.26. The molecule has 0 saturated carbocycles. The van der Waals surface area contributed by atoms with Gasteiger partial charge < -0.3 is 4.74 Å². The fraction of sp³-hybridized carbons (Fsp3) is 0.125. The van der Waals surface area contributed by atoms with Crippen LogP contribution in [0.3, 0.4) is 0 Å². The second-order valence-electron chi connectivity index (χ2n) is 7.53. The van der Waals surface area contributed by atoms with Gasteiger partial charge in [0.1, 0.15) is 0 Å². The molecule has 0 spiro atoms. The number of H-pyrrole nitrogens is 1. The minimum atomic E-state index is -0.562. The number of ether oxygens (including phenoxy) is 1. The summed E-state index contributed by atoms with van der Waals surface area (Å²) < 4.78 is 5.04. The molecule has 10 heteroatoms. The molecule has 34 heavy (non-hydrogen) atoms. The molecule has 0 radical (unpaired) electrons. The second kappa shape index (κ2) is 8.56. The molecule has 5 rings (SSSR count). The van der Waals surface area contributed by atoms with Crippen molar-refractivity contribution in [1.29, 1.82) is 0 Å². The number of thiophene rings is 1. The van der Waals surface area contributed by atoms with Crippen molar-refractivity contribution in [1.82, 2.24) is 10.2 Å². The highest BCUT2D eigenvalue weighted by atomic mass is 32.1. The molecule has 0 aliphatic carbocycles. The van der Waals surface area contributed by atoms with Crippen LogP contribution in [-0.2, 0) is 4.74 Å². The van der Waals surface area contributed by atoms with Crippen molar-refractivity contribution in [3.05, 3.63) is 98.5 Å². The zero-order chi connectivity index (χ0) is 23.8. The van der Waals surface area contributed by atoms with Crippen LogP contribution in [0.25, 0.3) is 10.6 Å². The molecule has 0 bridgehead atoms. The van der Waals surface area contributed by atoms with Gasteiger partial charge in [-0.3, -0.25) is 24.9 Å². The van der Waals surface area contributed by atoms with Crippen molar-refractivity contribution < 1.29 is 19.2 Å². The van der Waals surface area contributed by atoms with Crippen LogP contribution in [0.15, 0.2) is 66.0 Å². The van der Waals surface area contributed by atoms with Crippen LogP contribution in [0, 0.1) is 10.1 Å². The van der Waals surface area contributed by atoms with Crippen molar-refractivity contribution >= 4 is 34.6 Å². The maximum Gasteiger partial charge on any atom is 0.338 e. The first-order valence-electron chi connectivity index (χ1n) is 10.5. The highest BCUT2D eigenvalue weighted by Crippen LogP contribution is 2.45. The number of nitro benzene ring substituents is 1. The summed E-state index contributed by atoms with van der Waals surface area (Å²) >= 11 is 1.52. The maximum atomic E-state index is 13.5. The van der Waals surface area contributed by atoms with Gasteiger partial charge in [-0.05, 0) is 60.3 Å². The van der Waals surface area contributed by atoms with Crippen LogP contribution in [0.4, 0.5) is 11.4 Å². The molecular weight excluding hydrogens is 456 g/mol. The van der Waals surface area contributed by atoms with E-state index in [1.165, 1.54) is 23.5 Å². The number of nitrogens with one attached hydrogen (secondary N) is 1. The summed E-state index contributed by atoms with van der Waals surface area (Å²) in [5.74, 6) is -0.747. The number of amides is 1. The molecule has 1 aliphatic rings. The molecule has 0 fully saturated rings. The SMILES string of the molecule is CCOC(=O)c1ccc(N2C(=O)c3n[nH]c(-c4cccs4)c3C2c2ccc([N+](=O)[O-])cc2)cc1. The van der Waals surface area contributed by atoms with Gasteiger partial charge in [-0.1, -0.05) is 6.07 Å². The van der Waals surface area contributed by atoms with Crippen molar-refractivity contribution in [2.45, 2.75) is 13.0 Å². The number of non-ortho nitro benzene ring substituents is 1. The monoisotopic (exact) mass is 474 g/mol. The number of nitro groups is 1. The molecule has 1 unspecified atom stereocenters. The lowest BCUT2D eigenvalue weighted by atomic mass is 9.97. The zero-order valence-electron chi connectivity index (χ0n) is 17.9. The molecule has 2 aromatic carbocycles. The molecule has 0 saturated heterocycles. The Bertz CT molecular complexity index is 1380. The minimum Gasteiger partial charge on any atom is -0.462 e. The molecule has 170 valence electrons. The van der Waals surface area contributed by atoms with Crippen molar-refractivity contribution in [2.24, 2.45) is 0 Å². The van der Waals surface area contributed by atoms with E-state index < -0.39 is 16.9 Å². The first kappa shape index (κ1) is 21.5. The number of hydrogen-bond donors (Lipinski definition) is 1. The Balaban J connectivity index is 1.62. The topological polar surface area (TPSA) is 118 Å². The van der Waals surface area contributed by atoms with Gasteiger partial charge in [-0.25, -0.2) is 4.79 Å². The van der Waals surface area contributed by atoms with Gasteiger partial charge in [0.05, 0.1) is 33.7 Å². The Morgan fingerprint density at radius 1 is 1.18 bits per heavy atom. The number of aromatic amines is 1. The van der Waals surface area contributed by atoms with Crippen LogP contribution in [0.5, 0.6) is 0 Å². The normalized spacial score (nSPS) is 14.8. The molecule has 3 heterocycles. The number of carbonyl (C=O) groups excluding carboxylic acids is 2. The van der Waals surface area contributed by atoms with Gasteiger partial charge >= 0.3 is 5.97 Å². The predicted molar refractivity (Wildman–Crippen MR) is 126 cm³/mol. The number of hydrogen-bond acceptors (Lipinski definition) is 7. The van der Waals surface area contributed by atoms with E-state index in [2.05, 4.69) is 10.2 Å². The summed E-state index contributed by atoms with van der Waals surface area (Å²) in [4.78, 5) is 38.8. The van der Waals surface area contributed by atoms with Crippen LogP contribution >= 0.6 is 11.3 Å². The van der Waals surface area contributed by atoms with Crippen molar-refractivity contribution in [3.63, 3.8) is 0 Å². The number of carbonyl (C=O) groups is 2. The van der Waals surface area contributed by atoms with Gasteiger partial charge in [0, 0.05) is 23.4 Å². The number of anilines is 1. The van der Waals surface area contributed by atoms with Gasteiger partial charge in [0.2, 0.25) is 0 Å². The molecule has 9 nitrogen and oxygen atoms in total. The first-order valence-corrected chi connectivity index (χ1v) is 11.3. The van der Waals surface area contributed by atoms with E-state index in [0.717, 1.165) is 10.6 Å². The zero-order valence-corrected chi connectivity index (χ0v) is 18.7. The van der Waals surface area contributed by atoms with Gasteiger partial charge in [-0.15, -0.1) is 11.3 Å². The minimum absolute atomic E-state index is 0.0377. The Hall–Kier alpha value is -4.31. The van der Waals surface area contributed by atoms with E-state index >= 15 is 0 Å². The molecular formula is C24H18N4O5S. The summed E-state index contributed by atoms with van der Waals surface area (Å²) in [7, 11) is 0. The number of esters is 1. The molecule has 1 amide bonds. The van der Waals surface area contributed by atoms with Gasteiger partial charge in [-0.2, -0.15) is 5.10 Å². The Kier molecular flexibility index (Phi) is 5.42. The Morgan fingerprint density at radius 3 is 2.53 bits per heavy atom. The van der Waals surface area contributed by atoms with Crippen LogP contribution < -0.4 is 4.90 Å². The fourth-order valence-electron chi connectivity index (χ4n) is 4.08. The number of rotatable bonds is 6. The molecule has 1 N–H and O–H groups in total. The van der Waals surface area contributed by atoms with Gasteiger partial charge in [0.25, 0.3) is 11.6 Å². The molecule has 4 aromatic rings. The molecule has 1 aliphatic heterocycles. The van der Waals surface area contributed by atoms with Crippen LogP contribution in [-0.4, -0.2) is 33.6 Å². The third-order valence-corrected chi connectivity index (χ3v) is 6.49. The van der Waals surface area contributed by atoms with E-state index in [1.807, 2.05) is 17.5 Å². The quantitative estimate of drug-likeness (QED) is 0.239. The van der Waals surface area contributed by atoms with E-state index in [0.29, 0.717) is 28.1 Å². The van der Waals surface area contributed by atoms with Gasteiger partial charge in [0.15, 0.2) is 5.69 Å². The number of aromatic nitrogens is 2. The smallest absolute Gasteiger partial charge is 0.338 e. The van der Waals surface area contributed by atoms with E-state index in [4.69, 9.17) is 4.74 Å². The Labute approximate surface area is 197 Å². The highest BCUT2D eigenvalue weighted by Gasteiger charge is 2.43. The number of fused-ring (bicyclic) bond motifs is 1. The summed E-state index contributed by atoms with van der Waals surface area (Å²) in [6.45, 7) is 2.00. The fourth-order valence-corrected chi connectivity index (χ4v) is 4.82. The molecule has 1 atom stereocenters. The average molecular weight is 474 g/mol. The highest BCUT2D eigenvalue weighted by molar-refractivity contribution is 7.13. The predicted octanol–water partition coefficient (Wildman–Crippen LogP) is 4.97. The first-order chi connectivity index (χ1) is 16.5. The summed E-state index contributed by atoms with van der Waals surface area (Å²) in [6.07, 6.45) is 0. The molecule has 2 aromatic heterocycles. The number of benzene rings is 2.